The van der Waals surface area contributed by atoms with Gasteiger partial charge in [-0.1, -0.05) is 30.3 Å². The Kier molecular flexibility index (Phi) is 5.92. The molecule has 0 N–H and O–H groups in total. The number of halogens is 1. The molecule has 0 radical (unpaired) electrons. The molecule has 0 amide bonds. The van der Waals surface area contributed by atoms with Gasteiger partial charge in [0.05, 0.1) is 11.4 Å². The average Bonchev–Trinajstić information content (AvgIpc) is 2.75. The lowest BCUT2D eigenvalue weighted by Gasteiger charge is -2.32. The highest BCUT2D eigenvalue weighted by Gasteiger charge is 2.25. The zero-order valence-corrected chi connectivity index (χ0v) is 15.8. The van der Waals surface area contributed by atoms with Gasteiger partial charge < -0.3 is 4.74 Å². The Bertz CT molecular complexity index is 903. The molecule has 144 valence electrons. The van der Waals surface area contributed by atoms with Crippen LogP contribution in [-0.4, -0.2) is 41.1 Å². The maximum absolute atomic E-state index is 13.7. The van der Waals surface area contributed by atoms with Gasteiger partial charge in [0.25, 0.3) is 0 Å². The third-order valence-electron chi connectivity index (χ3n) is 5.14. The van der Waals surface area contributed by atoms with E-state index in [2.05, 4.69) is 14.9 Å². The normalized spacial score (nSPS) is 17.4. The Morgan fingerprint density at radius 3 is 2.75 bits per heavy atom. The van der Waals surface area contributed by atoms with Crippen LogP contribution in [0.5, 0.6) is 5.75 Å². The van der Waals surface area contributed by atoms with Crippen LogP contribution in [0.15, 0.2) is 67.0 Å². The molecule has 0 saturated carbocycles. The Morgan fingerprint density at radius 2 is 1.89 bits per heavy atom. The average molecular weight is 377 g/mol. The van der Waals surface area contributed by atoms with Gasteiger partial charge in [0, 0.05) is 37.0 Å². The summed E-state index contributed by atoms with van der Waals surface area (Å²) in [6, 6.07) is 16.5. The molecule has 1 unspecified atom stereocenters. The van der Waals surface area contributed by atoms with E-state index in [1.54, 1.807) is 18.5 Å². The molecule has 1 saturated heterocycles. The van der Waals surface area contributed by atoms with Crippen LogP contribution in [0.3, 0.4) is 0 Å². The fourth-order valence-corrected chi connectivity index (χ4v) is 3.80. The van der Waals surface area contributed by atoms with E-state index in [9.17, 15) is 4.39 Å². The van der Waals surface area contributed by atoms with Gasteiger partial charge >= 0.3 is 0 Å². The molecule has 2 aromatic carbocycles. The smallest absolute Gasteiger partial charge is 0.123 e. The van der Waals surface area contributed by atoms with Gasteiger partial charge in [0.1, 0.15) is 18.2 Å². The van der Waals surface area contributed by atoms with Gasteiger partial charge in [-0.3, -0.25) is 14.9 Å². The van der Waals surface area contributed by atoms with Crippen LogP contribution in [0.1, 0.15) is 24.5 Å². The molecule has 1 aliphatic rings. The van der Waals surface area contributed by atoms with Crippen LogP contribution >= 0.6 is 0 Å². The second kappa shape index (κ2) is 8.93. The van der Waals surface area contributed by atoms with Crippen LogP contribution in [-0.2, 0) is 0 Å². The van der Waals surface area contributed by atoms with Gasteiger partial charge in [-0.25, -0.2) is 4.39 Å². The molecule has 28 heavy (non-hydrogen) atoms. The molecule has 4 nitrogen and oxygen atoms in total. The van der Waals surface area contributed by atoms with Crippen molar-refractivity contribution in [3.05, 3.63) is 78.5 Å². The van der Waals surface area contributed by atoms with Crippen molar-refractivity contribution in [3.63, 3.8) is 0 Å². The van der Waals surface area contributed by atoms with Crippen molar-refractivity contribution >= 4 is 0 Å². The SMILES string of the molecule is Fc1cccc(-c2nccnc2C2CCCN(CCOc3ccccc3)C2)c1. The number of rotatable bonds is 6. The lowest BCUT2D eigenvalue weighted by atomic mass is 9.91. The number of piperidine rings is 1. The van der Waals surface area contributed by atoms with Crippen LogP contribution in [0.4, 0.5) is 4.39 Å². The zero-order valence-electron chi connectivity index (χ0n) is 15.8. The van der Waals surface area contributed by atoms with Crippen molar-refractivity contribution in [1.29, 1.82) is 0 Å². The molecule has 5 heteroatoms. The highest BCUT2D eigenvalue weighted by molar-refractivity contribution is 5.62. The summed E-state index contributed by atoms with van der Waals surface area (Å²) in [4.78, 5) is 11.6. The Balaban J connectivity index is 1.43. The highest BCUT2D eigenvalue weighted by Crippen LogP contribution is 2.31. The third-order valence-corrected chi connectivity index (χ3v) is 5.14. The maximum atomic E-state index is 13.7. The number of nitrogens with zero attached hydrogens (tertiary/aromatic N) is 3. The molecule has 3 aromatic rings. The molecule has 2 heterocycles. The molecule has 1 atom stereocenters. The van der Waals surface area contributed by atoms with Crippen molar-refractivity contribution in [2.45, 2.75) is 18.8 Å². The largest absolute Gasteiger partial charge is 0.492 e. The second-order valence-electron chi connectivity index (χ2n) is 7.10. The first-order valence-electron chi connectivity index (χ1n) is 9.76. The first-order chi connectivity index (χ1) is 13.8. The molecular weight excluding hydrogens is 353 g/mol. The number of likely N-dealkylation sites (tertiary alicyclic amines) is 1. The molecule has 0 bridgehead atoms. The first kappa shape index (κ1) is 18.6. The minimum Gasteiger partial charge on any atom is -0.492 e. The summed E-state index contributed by atoms with van der Waals surface area (Å²) in [5, 5.41) is 0. The number of aromatic nitrogens is 2. The minimum atomic E-state index is -0.252. The third kappa shape index (κ3) is 4.54. The zero-order chi connectivity index (χ0) is 19.2. The lowest BCUT2D eigenvalue weighted by molar-refractivity contribution is 0.169. The van der Waals surface area contributed by atoms with Gasteiger partial charge in [0.2, 0.25) is 0 Å². The van der Waals surface area contributed by atoms with Gasteiger partial charge in [-0.15, -0.1) is 0 Å². The molecule has 1 aliphatic heterocycles. The van der Waals surface area contributed by atoms with E-state index in [1.807, 2.05) is 36.4 Å². The van der Waals surface area contributed by atoms with E-state index < -0.39 is 0 Å². The monoisotopic (exact) mass is 377 g/mol. The Labute approximate surface area is 165 Å². The van der Waals surface area contributed by atoms with Crippen molar-refractivity contribution < 1.29 is 9.13 Å². The molecule has 0 spiro atoms. The lowest BCUT2D eigenvalue weighted by Crippen LogP contribution is -2.37. The van der Waals surface area contributed by atoms with Crippen molar-refractivity contribution in [2.75, 3.05) is 26.2 Å². The Morgan fingerprint density at radius 1 is 1.04 bits per heavy atom. The summed E-state index contributed by atoms with van der Waals surface area (Å²) >= 11 is 0. The summed E-state index contributed by atoms with van der Waals surface area (Å²) in [6.45, 7) is 3.51. The van der Waals surface area contributed by atoms with Gasteiger partial charge in [-0.05, 0) is 43.7 Å². The van der Waals surface area contributed by atoms with Crippen molar-refractivity contribution in [2.24, 2.45) is 0 Å². The summed E-state index contributed by atoms with van der Waals surface area (Å²) in [5.41, 5.74) is 2.53. The van der Waals surface area contributed by atoms with E-state index in [-0.39, 0.29) is 11.7 Å². The number of hydrogen-bond acceptors (Lipinski definition) is 4. The predicted octanol–water partition coefficient (Wildman–Crippen LogP) is 4.54. The van der Waals surface area contributed by atoms with Crippen molar-refractivity contribution in [1.82, 2.24) is 14.9 Å². The van der Waals surface area contributed by atoms with Crippen LogP contribution in [0, 0.1) is 5.82 Å². The molecule has 4 rings (SSSR count). The van der Waals surface area contributed by atoms with E-state index >= 15 is 0 Å². The van der Waals surface area contributed by atoms with Crippen LogP contribution in [0.2, 0.25) is 0 Å². The number of benzene rings is 2. The van der Waals surface area contributed by atoms with Gasteiger partial charge in [-0.2, -0.15) is 0 Å². The summed E-state index contributed by atoms with van der Waals surface area (Å²) in [6.07, 6.45) is 5.58. The van der Waals surface area contributed by atoms with Crippen LogP contribution < -0.4 is 4.74 Å². The standard InChI is InChI=1S/C23H24FN3O/c24-20-8-4-6-18(16-20)22-23(26-12-11-25-22)19-7-5-13-27(17-19)14-15-28-21-9-2-1-3-10-21/h1-4,6,8-12,16,19H,5,7,13-15,17H2. The van der Waals surface area contributed by atoms with Crippen molar-refractivity contribution in [3.8, 4) is 17.0 Å². The number of ether oxygens (including phenoxy) is 1. The summed E-state index contributed by atoms with van der Waals surface area (Å²) in [5.74, 6) is 0.938. The fraction of sp³-hybridized carbons (Fsp3) is 0.304. The van der Waals surface area contributed by atoms with E-state index in [0.29, 0.717) is 6.61 Å². The van der Waals surface area contributed by atoms with E-state index in [1.165, 1.54) is 12.1 Å². The number of hydrogen-bond donors (Lipinski definition) is 0. The minimum absolute atomic E-state index is 0.252. The molecular formula is C23H24FN3O. The first-order valence-corrected chi connectivity index (χ1v) is 9.76. The van der Waals surface area contributed by atoms with E-state index in [0.717, 1.165) is 55.2 Å². The highest BCUT2D eigenvalue weighted by atomic mass is 19.1. The maximum Gasteiger partial charge on any atom is 0.123 e. The molecule has 1 fully saturated rings. The predicted molar refractivity (Wildman–Crippen MR) is 108 cm³/mol. The summed E-state index contributed by atoms with van der Waals surface area (Å²) < 4.78 is 19.5. The topological polar surface area (TPSA) is 38.2 Å². The van der Waals surface area contributed by atoms with Crippen LogP contribution in [0.25, 0.3) is 11.3 Å². The Hall–Kier alpha value is -2.79. The quantitative estimate of drug-likeness (QED) is 0.632. The fourth-order valence-electron chi connectivity index (χ4n) is 3.80. The van der Waals surface area contributed by atoms with E-state index in [4.69, 9.17) is 4.74 Å². The number of para-hydroxylation sites is 1. The second-order valence-corrected chi connectivity index (χ2v) is 7.10. The molecule has 1 aromatic heterocycles. The molecule has 0 aliphatic carbocycles. The van der Waals surface area contributed by atoms with Gasteiger partial charge in [0.15, 0.2) is 0 Å². The summed E-state index contributed by atoms with van der Waals surface area (Å²) in [7, 11) is 0.